The first-order chi connectivity index (χ1) is 21.4. The Morgan fingerprint density at radius 2 is 1.84 bits per heavy atom. The molecule has 8 nitrogen and oxygen atoms in total. The largest absolute Gasteiger partial charge is 0.507 e. The van der Waals surface area contributed by atoms with Crippen LogP contribution < -0.4 is 19.1 Å². The number of amides is 1. The molecule has 3 heterocycles. The van der Waals surface area contributed by atoms with Crippen molar-refractivity contribution in [3.63, 3.8) is 0 Å². The number of ether oxygens (including phenoxy) is 3. The molecule has 1 amide bonds. The van der Waals surface area contributed by atoms with Gasteiger partial charge >= 0.3 is 5.91 Å². The van der Waals surface area contributed by atoms with Gasteiger partial charge in [-0.25, -0.2) is 4.98 Å². The van der Waals surface area contributed by atoms with Crippen molar-refractivity contribution in [2.75, 3.05) is 12.0 Å². The van der Waals surface area contributed by atoms with E-state index >= 15 is 0 Å². The first-order valence-electron chi connectivity index (χ1n) is 14.2. The van der Waals surface area contributed by atoms with Gasteiger partial charge in [-0.1, -0.05) is 53.8 Å². The number of aliphatic hydroxyl groups is 1. The highest BCUT2D eigenvalue weighted by molar-refractivity contribution is 7.22. The van der Waals surface area contributed by atoms with Gasteiger partial charge in [-0.2, -0.15) is 0 Å². The van der Waals surface area contributed by atoms with Crippen LogP contribution in [0.4, 0.5) is 5.13 Å². The molecule has 0 bridgehead atoms. The predicted molar refractivity (Wildman–Crippen MR) is 168 cm³/mol. The third-order valence-electron chi connectivity index (χ3n) is 7.83. The van der Waals surface area contributed by atoms with Crippen LogP contribution in [0.3, 0.4) is 0 Å². The third kappa shape index (κ3) is 4.95. The van der Waals surface area contributed by atoms with Crippen molar-refractivity contribution >= 4 is 44.1 Å². The fourth-order valence-electron chi connectivity index (χ4n) is 5.71. The minimum absolute atomic E-state index is 0.0149. The molecular formula is C35H28N2O6S. The molecule has 2 atom stereocenters. The van der Waals surface area contributed by atoms with Gasteiger partial charge in [0, 0.05) is 12.0 Å². The molecule has 1 N–H and O–H groups in total. The number of aliphatic hydroxyl groups excluding tert-OH is 1. The van der Waals surface area contributed by atoms with Gasteiger partial charge < -0.3 is 19.3 Å². The lowest BCUT2D eigenvalue weighted by Crippen LogP contribution is -2.29. The van der Waals surface area contributed by atoms with Crippen LogP contribution in [0.2, 0.25) is 0 Å². The number of carbonyl (C=O) groups is 2. The Morgan fingerprint density at radius 3 is 2.66 bits per heavy atom. The van der Waals surface area contributed by atoms with Crippen LogP contribution in [0.5, 0.6) is 17.2 Å². The predicted octanol–water partition coefficient (Wildman–Crippen LogP) is 6.83. The summed E-state index contributed by atoms with van der Waals surface area (Å²) in [5.74, 6) is 0.163. The zero-order valence-electron chi connectivity index (χ0n) is 24.0. The molecule has 1 aromatic heterocycles. The molecule has 1 fully saturated rings. The second-order valence-electron chi connectivity index (χ2n) is 10.8. The zero-order valence-corrected chi connectivity index (χ0v) is 24.8. The van der Waals surface area contributed by atoms with Crippen molar-refractivity contribution in [2.24, 2.45) is 0 Å². The van der Waals surface area contributed by atoms with Gasteiger partial charge in [0.05, 0.1) is 28.9 Å². The van der Waals surface area contributed by atoms with Gasteiger partial charge in [0.1, 0.15) is 35.7 Å². The van der Waals surface area contributed by atoms with Gasteiger partial charge in [0.15, 0.2) is 5.13 Å². The van der Waals surface area contributed by atoms with E-state index in [1.165, 1.54) is 16.2 Å². The Hall–Kier alpha value is -5.15. The average molecular weight is 605 g/mol. The lowest BCUT2D eigenvalue weighted by molar-refractivity contribution is -0.132. The smallest absolute Gasteiger partial charge is 0.301 e. The van der Waals surface area contributed by atoms with Crippen molar-refractivity contribution in [2.45, 2.75) is 32.1 Å². The van der Waals surface area contributed by atoms with Crippen molar-refractivity contribution in [1.82, 2.24) is 4.98 Å². The molecule has 2 aliphatic rings. The van der Waals surface area contributed by atoms with E-state index in [2.05, 4.69) is 0 Å². The number of carbonyl (C=O) groups excluding carboxylic acids is 2. The molecule has 4 aromatic carbocycles. The highest BCUT2D eigenvalue weighted by Gasteiger charge is 2.48. The monoisotopic (exact) mass is 604 g/mol. The minimum Gasteiger partial charge on any atom is -0.507 e. The van der Waals surface area contributed by atoms with Crippen LogP contribution in [0.15, 0.2) is 96.6 Å². The summed E-state index contributed by atoms with van der Waals surface area (Å²) in [6.07, 6.45) is 0.703. The van der Waals surface area contributed by atoms with E-state index in [9.17, 15) is 14.7 Å². The quantitative estimate of drug-likeness (QED) is 0.123. The summed E-state index contributed by atoms with van der Waals surface area (Å²) in [5, 5.41) is 12.0. The maximum atomic E-state index is 13.8. The molecule has 9 heteroatoms. The molecule has 7 rings (SSSR count). The highest BCUT2D eigenvalue weighted by Crippen LogP contribution is 2.45. The normalized spacial score (nSPS) is 18.8. The number of rotatable bonds is 7. The molecule has 2 aliphatic heterocycles. The van der Waals surface area contributed by atoms with Crippen LogP contribution in [0.1, 0.15) is 35.2 Å². The number of benzene rings is 4. The summed E-state index contributed by atoms with van der Waals surface area (Å²) in [4.78, 5) is 33.6. The molecule has 0 spiro atoms. The topological polar surface area (TPSA) is 98.2 Å². The first kappa shape index (κ1) is 27.7. The standard InChI is InChI=1S/C35H28N2O6S/c1-20-15-24-16-23(11-14-28(24)43-20)32(38)30-31(22-9-6-10-26(17-22)42-19-21-7-4-3-5-8-21)37(34(40)33(30)39)35-36-27-13-12-25(41-2)18-29(27)44-35/h3-14,16-18,20,31,38H,15,19H2,1-2H3/b32-30+/t20-,31-/m0/s1. The van der Waals surface area contributed by atoms with Gasteiger partial charge in [0.2, 0.25) is 0 Å². The van der Waals surface area contributed by atoms with Crippen molar-refractivity contribution in [3.05, 3.63) is 119 Å². The molecule has 220 valence electrons. The van der Waals surface area contributed by atoms with Crippen LogP contribution >= 0.6 is 11.3 Å². The number of hydrogen-bond donors (Lipinski definition) is 1. The Labute approximate surface area is 257 Å². The Balaban J connectivity index is 1.34. The first-order valence-corrected chi connectivity index (χ1v) is 15.0. The summed E-state index contributed by atoms with van der Waals surface area (Å²) in [7, 11) is 1.58. The van der Waals surface area contributed by atoms with Crippen LogP contribution in [-0.2, 0) is 22.6 Å². The fraction of sp³-hybridized carbons (Fsp3) is 0.171. The van der Waals surface area contributed by atoms with Gasteiger partial charge in [-0.05, 0) is 72.1 Å². The van der Waals surface area contributed by atoms with Crippen molar-refractivity contribution < 1.29 is 28.9 Å². The number of Topliss-reactive ketones (excluding diaryl/α,β-unsaturated/α-hetero) is 1. The number of hydrogen-bond acceptors (Lipinski definition) is 8. The summed E-state index contributed by atoms with van der Waals surface area (Å²) < 4.78 is 18.1. The molecule has 0 saturated carbocycles. The second-order valence-corrected chi connectivity index (χ2v) is 11.8. The van der Waals surface area contributed by atoms with E-state index < -0.39 is 17.7 Å². The molecule has 44 heavy (non-hydrogen) atoms. The highest BCUT2D eigenvalue weighted by atomic mass is 32.1. The number of ketones is 1. The summed E-state index contributed by atoms with van der Waals surface area (Å²) in [5.41, 5.74) is 3.63. The molecular weight excluding hydrogens is 576 g/mol. The molecule has 0 unspecified atom stereocenters. The Morgan fingerprint density at radius 1 is 1.00 bits per heavy atom. The minimum atomic E-state index is -0.943. The molecule has 0 radical (unpaired) electrons. The SMILES string of the molecule is COc1ccc2nc(N3C(=O)C(=O)/C(=C(/O)c4ccc5c(c4)C[C@H](C)O5)[C@@H]3c3cccc(OCc4ccccc4)c3)sc2c1. The van der Waals surface area contributed by atoms with E-state index in [1.54, 1.807) is 31.4 Å². The maximum Gasteiger partial charge on any atom is 0.301 e. The van der Waals surface area contributed by atoms with E-state index in [4.69, 9.17) is 19.2 Å². The van der Waals surface area contributed by atoms with E-state index in [1.807, 2.05) is 73.7 Å². The third-order valence-corrected chi connectivity index (χ3v) is 8.84. The van der Waals surface area contributed by atoms with Crippen LogP contribution in [-0.4, -0.2) is 35.0 Å². The lowest BCUT2D eigenvalue weighted by atomic mass is 9.94. The number of methoxy groups -OCH3 is 1. The van der Waals surface area contributed by atoms with Gasteiger partial charge in [-0.3, -0.25) is 14.5 Å². The molecule has 5 aromatic rings. The molecule has 0 aliphatic carbocycles. The van der Waals surface area contributed by atoms with Crippen molar-refractivity contribution in [1.29, 1.82) is 0 Å². The number of anilines is 1. The summed E-state index contributed by atoms with van der Waals surface area (Å²) >= 11 is 1.28. The van der Waals surface area contributed by atoms with Crippen LogP contribution in [0.25, 0.3) is 16.0 Å². The van der Waals surface area contributed by atoms with E-state index in [-0.39, 0.29) is 17.4 Å². The Bertz CT molecular complexity index is 1950. The van der Waals surface area contributed by atoms with Crippen molar-refractivity contribution in [3.8, 4) is 17.2 Å². The lowest BCUT2D eigenvalue weighted by Gasteiger charge is -2.23. The molecule has 1 saturated heterocycles. The van der Waals surface area contributed by atoms with E-state index in [0.29, 0.717) is 46.3 Å². The van der Waals surface area contributed by atoms with Gasteiger partial charge in [0.25, 0.3) is 5.78 Å². The van der Waals surface area contributed by atoms with Gasteiger partial charge in [-0.15, -0.1) is 0 Å². The maximum absolute atomic E-state index is 13.8. The fourth-order valence-corrected chi connectivity index (χ4v) is 6.73. The average Bonchev–Trinajstić information content (AvgIpc) is 3.71. The number of aromatic nitrogens is 1. The van der Waals surface area contributed by atoms with E-state index in [0.717, 1.165) is 21.6 Å². The Kier molecular flexibility index (Phi) is 7.02. The zero-order chi connectivity index (χ0) is 30.4. The number of nitrogens with zero attached hydrogens (tertiary/aromatic N) is 2. The number of fused-ring (bicyclic) bond motifs is 2. The summed E-state index contributed by atoms with van der Waals surface area (Å²) in [6, 6.07) is 26.9. The second kappa shape index (κ2) is 11.2. The number of thiazole rings is 1. The summed E-state index contributed by atoms with van der Waals surface area (Å²) in [6.45, 7) is 2.32. The van der Waals surface area contributed by atoms with Crippen LogP contribution in [0, 0.1) is 0 Å².